The second kappa shape index (κ2) is 4.30. The van der Waals surface area contributed by atoms with Crippen LogP contribution in [0.25, 0.3) is 0 Å². The first-order valence-electron chi connectivity index (χ1n) is 3.69. The number of hydrogen-bond donors (Lipinski definition) is 1. The molecular formula is C8H10BrNO2. The molecule has 4 heteroatoms. The molecule has 0 spiro atoms. The summed E-state index contributed by atoms with van der Waals surface area (Å²) in [5, 5.41) is 0.715. The number of aromatic nitrogens is 1. The number of nitrogens with one attached hydrogen (secondary N) is 1. The third-order valence-corrected chi connectivity index (χ3v) is 1.99. The molecule has 0 aliphatic rings. The standard InChI is InChI=1S/C8H10BrNO2/c1-2-12-8(11)7-4-3-6(5-9)10-7/h3-4,10H,2,5H2,1H3. The van der Waals surface area contributed by atoms with Crippen LogP contribution in [0.2, 0.25) is 0 Å². The Morgan fingerprint density at radius 3 is 2.92 bits per heavy atom. The molecule has 0 fully saturated rings. The zero-order chi connectivity index (χ0) is 8.97. The number of alkyl halides is 1. The van der Waals surface area contributed by atoms with Crippen LogP contribution in [0, 0.1) is 0 Å². The van der Waals surface area contributed by atoms with E-state index in [4.69, 9.17) is 4.74 Å². The predicted molar refractivity (Wildman–Crippen MR) is 49.4 cm³/mol. The summed E-state index contributed by atoms with van der Waals surface area (Å²) in [5.74, 6) is -0.301. The topological polar surface area (TPSA) is 42.1 Å². The quantitative estimate of drug-likeness (QED) is 0.640. The molecule has 0 unspecified atom stereocenters. The molecule has 1 heterocycles. The molecule has 0 amide bonds. The van der Waals surface area contributed by atoms with Gasteiger partial charge in [-0.25, -0.2) is 4.79 Å². The lowest BCUT2D eigenvalue weighted by Gasteiger charge is -1.97. The number of esters is 1. The Hall–Kier alpha value is -0.770. The van der Waals surface area contributed by atoms with Gasteiger partial charge in [0.1, 0.15) is 5.69 Å². The molecule has 0 saturated heterocycles. The van der Waals surface area contributed by atoms with Gasteiger partial charge in [0.2, 0.25) is 0 Å². The first-order valence-corrected chi connectivity index (χ1v) is 4.81. The van der Waals surface area contributed by atoms with E-state index in [0.717, 1.165) is 5.69 Å². The summed E-state index contributed by atoms with van der Waals surface area (Å²) < 4.78 is 4.80. The Morgan fingerprint density at radius 2 is 2.42 bits per heavy atom. The number of H-pyrrole nitrogens is 1. The maximum Gasteiger partial charge on any atom is 0.354 e. The average Bonchev–Trinajstić information content (AvgIpc) is 2.52. The molecule has 3 nitrogen and oxygen atoms in total. The monoisotopic (exact) mass is 231 g/mol. The van der Waals surface area contributed by atoms with Gasteiger partial charge in [-0.2, -0.15) is 0 Å². The lowest BCUT2D eigenvalue weighted by Crippen LogP contribution is -2.04. The van der Waals surface area contributed by atoms with Crippen molar-refractivity contribution in [1.82, 2.24) is 4.98 Å². The Bertz CT molecular complexity index is 270. The average molecular weight is 232 g/mol. The Balaban J connectivity index is 2.68. The van der Waals surface area contributed by atoms with Crippen molar-refractivity contribution in [3.63, 3.8) is 0 Å². The van der Waals surface area contributed by atoms with Crippen molar-refractivity contribution in [3.8, 4) is 0 Å². The van der Waals surface area contributed by atoms with Crippen LogP contribution in [-0.2, 0) is 10.1 Å². The van der Waals surface area contributed by atoms with Gasteiger partial charge in [0.25, 0.3) is 0 Å². The molecule has 0 atom stereocenters. The van der Waals surface area contributed by atoms with E-state index in [2.05, 4.69) is 20.9 Å². The minimum atomic E-state index is -0.301. The number of rotatable bonds is 3. The van der Waals surface area contributed by atoms with E-state index >= 15 is 0 Å². The molecule has 1 aromatic heterocycles. The van der Waals surface area contributed by atoms with Crippen LogP contribution >= 0.6 is 15.9 Å². The van der Waals surface area contributed by atoms with Gasteiger partial charge in [0.15, 0.2) is 0 Å². The number of hydrogen-bond acceptors (Lipinski definition) is 2. The third kappa shape index (κ3) is 2.11. The van der Waals surface area contributed by atoms with Gasteiger partial charge in [-0.05, 0) is 19.1 Å². The third-order valence-electron chi connectivity index (χ3n) is 1.39. The minimum absolute atomic E-state index is 0.301. The molecule has 0 aromatic carbocycles. The van der Waals surface area contributed by atoms with Crippen molar-refractivity contribution >= 4 is 21.9 Å². The maximum absolute atomic E-state index is 11.1. The second-order valence-electron chi connectivity index (χ2n) is 2.25. The van der Waals surface area contributed by atoms with Gasteiger partial charge in [-0.3, -0.25) is 0 Å². The SMILES string of the molecule is CCOC(=O)c1ccc(CBr)[nH]1. The van der Waals surface area contributed by atoms with Crippen molar-refractivity contribution in [1.29, 1.82) is 0 Å². The highest BCUT2D eigenvalue weighted by Crippen LogP contribution is 2.06. The number of carbonyl (C=O) groups excluding carboxylic acids is 1. The fourth-order valence-electron chi connectivity index (χ4n) is 0.846. The number of ether oxygens (including phenoxy) is 1. The van der Waals surface area contributed by atoms with Crippen molar-refractivity contribution in [3.05, 3.63) is 23.5 Å². The van der Waals surface area contributed by atoms with Crippen LogP contribution in [0.5, 0.6) is 0 Å². The van der Waals surface area contributed by atoms with E-state index in [1.807, 2.05) is 6.07 Å². The van der Waals surface area contributed by atoms with Gasteiger partial charge in [-0.15, -0.1) is 0 Å². The van der Waals surface area contributed by atoms with Crippen LogP contribution in [0.4, 0.5) is 0 Å². The Morgan fingerprint density at radius 1 is 1.67 bits per heavy atom. The molecule has 0 saturated carbocycles. The molecular weight excluding hydrogens is 222 g/mol. The van der Waals surface area contributed by atoms with E-state index in [9.17, 15) is 4.79 Å². The van der Waals surface area contributed by atoms with Crippen molar-refractivity contribution in [2.45, 2.75) is 12.3 Å². The van der Waals surface area contributed by atoms with Crippen LogP contribution in [0.3, 0.4) is 0 Å². The Labute approximate surface area is 79.2 Å². The van der Waals surface area contributed by atoms with Crippen molar-refractivity contribution < 1.29 is 9.53 Å². The molecule has 0 aliphatic heterocycles. The van der Waals surface area contributed by atoms with Gasteiger partial charge in [-0.1, -0.05) is 15.9 Å². The Kier molecular flexibility index (Phi) is 3.34. The summed E-state index contributed by atoms with van der Waals surface area (Å²) in [4.78, 5) is 14.0. The normalized spacial score (nSPS) is 9.83. The van der Waals surface area contributed by atoms with Crippen LogP contribution in [-0.4, -0.2) is 17.6 Å². The fourth-order valence-corrected chi connectivity index (χ4v) is 1.17. The summed E-state index contributed by atoms with van der Waals surface area (Å²) in [5.41, 5.74) is 1.48. The summed E-state index contributed by atoms with van der Waals surface area (Å²) in [6.07, 6.45) is 0. The van der Waals surface area contributed by atoms with E-state index in [1.165, 1.54) is 0 Å². The van der Waals surface area contributed by atoms with E-state index < -0.39 is 0 Å². The molecule has 12 heavy (non-hydrogen) atoms. The molecule has 66 valence electrons. The smallest absolute Gasteiger partial charge is 0.354 e. The largest absolute Gasteiger partial charge is 0.461 e. The lowest BCUT2D eigenvalue weighted by atomic mass is 10.4. The molecule has 1 aromatic rings. The van der Waals surface area contributed by atoms with Crippen molar-refractivity contribution in [2.75, 3.05) is 6.61 Å². The minimum Gasteiger partial charge on any atom is -0.461 e. The highest BCUT2D eigenvalue weighted by molar-refractivity contribution is 9.08. The van der Waals surface area contributed by atoms with Crippen LogP contribution in [0.15, 0.2) is 12.1 Å². The lowest BCUT2D eigenvalue weighted by molar-refractivity contribution is 0.0520. The number of carbonyl (C=O) groups is 1. The highest BCUT2D eigenvalue weighted by Gasteiger charge is 2.07. The molecule has 0 aliphatic carbocycles. The molecule has 1 N–H and O–H groups in total. The van der Waals surface area contributed by atoms with Gasteiger partial charge < -0.3 is 9.72 Å². The van der Waals surface area contributed by atoms with Crippen molar-refractivity contribution in [2.24, 2.45) is 0 Å². The molecule has 1 rings (SSSR count). The molecule has 0 bridgehead atoms. The van der Waals surface area contributed by atoms with E-state index in [0.29, 0.717) is 17.6 Å². The van der Waals surface area contributed by atoms with E-state index in [1.54, 1.807) is 13.0 Å². The maximum atomic E-state index is 11.1. The van der Waals surface area contributed by atoms with Crippen LogP contribution < -0.4 is 0 Å². The number of halogens is 1. The second-order valence-corrected chi connectivity index (χ2v) is 2.81. The zero-order valence-corrected chi connectivity index (χ0v) is 8.35. The molecule has 0 radical (unpaired) electrons. The van der Waals surface area contributed by atoms with Gasteiger partial charge >= 0.3 is 5.97 Å². The number of aromatic amines is 1. The first kappa shape index (κ1) is 9.32. The van der Waals surface area contributed by atoms with Crippen LogP contribution in [0.1, 0.15) is 23.1 Å². The predicted octanol–water partition coefficient (Wildman–Crippen LogP) is 2.09. The fraction of sp³-hybridized carbons (Fsp3) is 0.375. The summed E-state index contributed by atoms with van der Waals surface area (Å²) in [6.45, 7) is 2.19. The summed E-state index contributed by atoms with van der Waals surface area (Å²) in [7, 11) is 0. The van der Waals surface area contributed by atoms with E-state index in [-0.39, 0.29) is 5.97 Å². The summed E-state index contributed by atoms with van der Waals surface area (Å²) >= 11 is 3.28. The highest BCUT2D eigenvalue weighted by atomic mass is 79.9. The van der Waals surface area contributed by atoms with Gasteiger partial charge in [0.05, 0.1) is 6.61 Å². The first-order chi connectivity index (χ1) is 5.77. The summed E-state index contributed by atoms with van der Waals surface area (Å²) in [6, 6.07) is 3.57. The van der Waals surface area contributed by atoms with Gasteiger partial charge in [0, 0.05) is 11.0 Å². The zero-order valence-electron chi connectivity index (χ0n) is 6.76.